The monoisotopic (exact) mass is 401 g/mol. The van der Waals surface area contributed by atoms with E-state index in [2.05, 4.69) is 33.0 Å². The molecule has 11 atom stereocenters. The van der Waals surface area contributed by atoms with Crippen LogP contribution in [0.15, 0.2) is 0 Å². The lowest BCUT2D eigenvalue weighted by Gasteiger charge is -2.61. The van der Waals surface area contributed by atoms with Crippen LogP contribution in [0.3, 0.4) is 0 Å². The average Bonchev–Trinajstić information content (AvgIpc) is 3.06. The maximum Gasteiger partial charge on any atom is 0.0543 e. The van der Waals surface area contributed by atoms with E-state index in [9.17, 15) is 5.11 Å². The van der Waals surface area contributed by atoms with E-state index in [0.29, 0.717) is 10.8 Å². The second-order valence-electron chi connectivity index (χ2n) is 12.9. The highest BCUT2D eigenvalue weighted by molar-refractivity contribution is 5.10. The van der Waals surface area contributed by atoms with Crippen LogP contribution in [0.2, 0.25) is 0 Å². The van der Waals surface area contributed by atoms with Crippen LogP contribution in [-0.4, -0.2) is 23.8 Å². The van der Waals surface area contributed by atoms with Crippen molar-refractivity contribution >= 4 is 0 Å². The van der Waals surface area contributed by atoms with E-state index < -0.39 is 0 Å². The van der Waals surface area contributed by atoms with Gasteiger partial charge in [0.05, 0.1) is 6.10 Å². The Morgan fingerprint density at radius 2 is 1.62 bits per heavy atom. The lowest BCUT2D eigenvalue weighted by molar-refractivity contribution is -0.130. The van der Waals surface area contributed by atoms with Crippen LogP contribution in [-0.2, 0) is 0 Å². The van der Waals surface area contributed by atoms with Crippen molar-refractivity contribution in [1.29, 1.82) is 0 Å². The van der Waals surface area contributed by atoms with Gasteiger partial charge in [0.1, 0.15) is 0 Å². The van der Waals surface area contributed by atoms with E-state index >= 15 is 0 Å². The molecular formula is C27H47NO. The van der Waals surface area contributed by atoms with Gasteiger partial charge < -0.3 is 10.4 Å². The molecule has 5 aliphatic rings. The third-order valence-corrected chi connectivity index (χ3v) is 11.7. The minimum atomic E-state index is -0.0131. The van der Waals surface area contributed by atoms with Crippen LogP contribution in [0.4, 0.5) is 0 Å². The lowest BCUT2D eigenvalue weighted by atomic mass is 9.44. The summed E-state index contributed by atoms with van der Waals surface area (Å²) in [4.78, 5) is 0. The number of aliphatic hydroxyl groups is 1. The van der Waals surface area contributed by atoms with E-state index in [1.807, 2.05) is 0 Å². The molecule has 1 unspecified atom stereocenters. The molecule has 0 aromatic carbocycles. The third kappa shape index (κ3) is 3.25. The molecule has 2 N–H and O–H groups in total. The Kier molecular flexibility index (Phi) is 5.38. The minimum absolute atomic E-state index is 0.0131. The number of fused-ring (bicyclic) bond motifs is 5. The minimum Gasteiger partial charge on any atom is -0.393 e. The van der Waals surface area contributed by atoms with Crippen molar-refractivity contribution in [1.82, 2.24) is 5.32 Å². The number of rotatable bonds is 2. The molecule has 0 aromatic rings. The standard InChI is InChI=1S/C27H47NO/c1-17-5-10-25(28-16-17)18(2)22-8-9-23-21-7-6-19-15-20(29)11-13-26(19,3)24(21)12-14-27(22,23)4/h17-25,28-29H,5-16H2,1-4H3/t17-,18?,19-,20-,21-,22+,23-,24-,25+,26-,27+/m0/s1. The van der Waals surface area contributed by atoms with Crippen molar-refractivity contribution in [2.24, 2.45) is 52.3 Å². The number of hydrogen-bond donors (Lipinski definition) is 2. The van der Waals surface area contributed by atoms with Gasteiger partial charge >= 0.3 is 0 Å². The summed E-state index contributed by atoms with van der Waals surface area (Å²) in [5.74, 6) is 6.31. The molecule has 0 aromatic heterocycles. The van der Waals surface area contributed by atoms with E-state index in [1.54, 1.807) is 0 Å². The maximum atomic E-state index is 10.3. The molecule has 0 spiro atoms. The van der Waals surface area contributed by atoms with Crippen molar-refractivity contribution in [3.8, 4) is 0 Å². The van der Waals surface area contributed by atoms with E-state index in [4.69, 9.17) is 0 Å². The molecule has 2 heteroatoms. The van der Waals surface area contributed by atoms with Gasteiger partial charge in [0.25, 0.3) is 0 Å². The molecule has 0 bridgehead atoms. The van der Waals surface area contributed by atoms with Gasteiger partial charge in [0.2, 0.25) is 0 Å². The first-order valence-electron chi connectivity index (χ1n) is 13.2. The highest BCUT2D eigenvalue weighted by Gasteiger charge is 2.60. The van der Waals surface area contributed by atoms with Crippen LogP contribution in [0.5, 0.6) is 0 Å². The number of nitrogens with one attached hydrogen (secondary N) is 1. The maximum absolute atomic E-state index is 10.3. The van der Waals surface area contributed by atoms with E-state index in [1.165, 1.54) is 64.3 Å². The molecule has 5 rings (SSSR count). The first-order valence-corrected chi connectivity index (χ1v) is 13.2. The van der Waals surface area contributed by atoms with Gasteiger partial charge in [-0.15, -0.1) is 0 Å². The zero-order valence-corrected chi connectivity index (χ0v) is 19.6. The normalized spacial score (nSPS) is 56.2. The first-order chi connectivity index (χ1) is 13.8. The SMILES string of the molecule is CC([C@H]1CC[C@H]2[C@@H]3CC[C@H]4C[C@@H](O)CC[C@]4(C)[C@H]3CC[C@]12C)[C@H]1CC[C@H](C)CN1. The molecule has 29 heavy (non-hydrogen) atoms. The highest BCUT2D eigenvalue weighted by Crippen LogP contribution is 2.68. The molecule has 166 valence electrons. The topological polar surface area (TPSA) is 32.3 Å². The molecule has 0 amide bonds. The summed E-state index contributed by atoms with van der Waals surface area (Å²) in [5, 5.41) is 14.2. The predicted molar refractivity (Wildman–Crippen MR) is 121 cm³/mol. The molecule has 1 aliphatic heterocycles. The van der Waals surface area contributed by atoms with Crippen molar-refractivity contribution in [3.05, 3.63) is 0 Å². The van der Waals surface area contributed by atoms with Crippen molar-refractivity contribution < 1.29 is 5.11 Å². The van der Waals surface area contributed by atoms with Crippen LogP contribution in [0.25, 0.3) is 0 Å². The smallest absolute Gasteiger partial charge is 0.0543 e. The number of aliphatic hydroxyl groups excluding tert-OH is 1. The molecule has 0 radical (unpaired) electrons. The molecule has 5 fully saturated rings. The van der Waals surface area contributed by atoms with Gasteiger partial charge in [0.15, 0.2) is 0 Å². The molecule has 1 saturated heterocycles. The van der Waals surface area contributed by atoms with E-state index in [0.717, 1.165) is 60.3 Å². The van der Waals surface area contributed by atoms with Crippen molar-refractivity contribution in [3.63, 3.8) is 0 Å². The zero-order valence-electron chi connectivity index (χ0n) is 19.6. The van der Waals surface area contributed by atoms with Gasteiger partial charge in [0, 0.05) is 6.04 Å². The second kappa shape index (κ2) is 7.51. The fourth-order valence-electron chi connectivity index (χ4n) is 9.89. The summed E-state index contributed by atoms with van der Waals surface area (Å²) in [7, 11) is 0. The summed E-state index contributed by atoms with van der Waals surface area (Å²) in [6.45, 7) is 11.6. The van der Waals surface area contributed by atoms with Gasteiger partial charge in [-0.05, 0) is 129 Å². The Balaban J connectivity index is 1.33. The second-order valence-corrected chi connectivity index (χ2v) is 12.9. The summed E-state index contributed by atoms with van der Waals surface area (Å²) in [5.41, 5.74) is 1.11. The first kappa shape index (κ1) is 20.8. The van der Waals surface area contributed by atoms with Crippen LogP contribution < -0.4 is 5.32 Å². The fraction of sp³-hybridized carbons (Fsp3) is 1.00. The largest absolute Gasteiger partial charge is 0.393 e. The van der Waals surface area contributed by atoms with Crippen molar-refractivity contribution in [2.45, 2.75) is 110 Å². The van der Waals surface area contributed by atoms with E-state index in [-0.39, 0.29) is 6.10 Å². The fourth-order valence-corrected chi connectivity index (χ4v) is 9.89. The lowest BCUT2D eigenvalue weighted by Crippen LogP contribution is -2.55. The quantitative estimate of drug-likeness (QED) is 0.592. The zero-order chi connectivity index (χ0) is 20.4. The Bertz CT molecular complexity index is 597. The van der Waals surface area contributed by atoms with Crippen molar-refractivity contribution in [2.75, 3.05) is 6.54 Å². The molecular weight excluding hydrogens is 354 g/mol. The molecule has 1 heterocycles. The van der Waals surface area contributed by atoms with Gasteiger partial charge in [-0.2, -0.15) is 0 Å². The van der Waals surface area contributed by atoms with Crippen LogP contribution in [0.1, 0.15) is 98.3 Å². The molecule has 4 saturated carbocycles. The Labute approximate surface area is 180 Å². The predicted octanol–water partition coefficient (Wildman–Crippen LogP) is 6.03. The van der Waals surface area contributed by atoms with Gasteiger partial charge in [-0.25, -0.2) is 0 Å². The molecule has 4 aliphatic carbocycles. The molecule has 2 nitrogen and oxygen atoms in total. The highest BCUT2D eigenvalue weighted by atomic mass is 16.3. The average molecular weight is 402 g/mol. The number of piperidine rings is 1. The summed E-state index contributed by atoms with van der Waals surface area (Å²) >= 11 is 0. The summed E-state index contributed by atoms with van der Waals surface area (Å²) in [6.07, 6.45) is 15.0. The van der Waals surface area contributed by atoms with Crippen LogP contribution in [0, 0.1) is 52.3 Å². The Morgan fingerprint density at radius 3 is 2.38 bits per heavy atom. The Morgan fingerprint density at radius 1 is 0.862 bits per heavy atom. The number of hydrogen-bond acceptors (Lipinski definition) is 2. The Hall–Kier alpha value is -0.0800. The van der Waals surface area contributed by atoms with Crippen LogP contribution >= 0.6 is 0 Å². The van der Waals surface area contributed by atoms with Gasteiger partial charge in [-0.1, -0.05) is 27.7 Å². The third-order valence-electron chi connectivity index (χ3n) is 11.7. The van der Waals surface area contributed by atoms with Gasteiger partial charge in [-0.3, -0.25) is 0 Å². The summed E-state index contributed by atoms with van der Waals surface area (Å²) in [6, 6.07) is 0.762. The summed E-state index contributed by atoms with van der Waals surface area (Å²) < 4.78 is 0.